The Bertz CT molecular complexity index is 355. The van der Waals surface area contributed by atoms with Crippen molar-refractivity contribution in [1.29, 1.82) is 0 Å². The summed E-state index contributed by atoms with van der Waals surface area (Å²) in [6.45, 7) is 8.07. The average molecular weight is 328 g/mol. The minimum atomic E-state index is 0.0158. The summed E-state index contributed by atoms with van der Waals surface area (Å²) >= 11 is 0. The molecule has 1 unspecified atom stereocenters. The maximum Gasteiger partial charge on any atom is 0.222 e. The fourth-order valence-electron chi connectivity index (χ4n) is 2.16. The van der Waals surface area contributed by atoms with E-state index in [1.54, 1.807) is 7.05 Å². The standard InChI is InChI=1S/C16H32N4O3/c1-13(2)15(21)18-8-9-20-16(17-3)19-7-5-10-22-12-14-6-4-11-23-14/h13-14H,4-12H2,1-3H3,(H,18,21)(H2,17,19,20). The molecular formula is C16H32N4O3. The Hall–Kier alpha value is -1.34. The van der Waals surface area contributed by atoms with Gasteiger partial charge in [0.25, 0.3) is 0 Å². The van der Waals surface area contributed by atoms with Crippen molar-refractivity contribution in [3.63, 3.8) is 0 Å². The SMILES string of the molecule is CN=C(NCCCOCC1CCCO1)NCCNC(=O)C(C)C. The lowest BCUT2D eigenvalue weighted by molar-refractivity contribution is -0.123. The molecule has 0 aromatic carbocycles. The first kappa shape index (κ1) is 19.7. The van der Waals surface area contributed by atoms with E-state index in [2.05, 4.69) is 20.9 Å². The van der Waals surface area contributed by atoms with Crippen molar-refractivity contribution in [2.24, 2.45) is 10.9 Å². The molecule has 7 nitrogen and oxygen atoms in total. The molecule has 1 heterocycles. The molecule has 1 amide bonds. The molecule has 23 heavy (non-hydrogen) atoms. The van der Waals surface area contributed by atoms with Gasteiger partial charge in [-0.1, -0.05) is 13.8 Å². The highest BCUT2D eigenvalue weighted by Gasteiger charge is 2.14. The molecule has 0 aromatic rings. The lowest BCUT2D eigenvalue weighted by Crippen LogP contribution is -2.42. The van der Waals surface area contributed by atoms with Crippen LogP contribution < -0.4 is 16.0 Å². The number of guanidine groups is 1. The zero-order valence-corrected chi connectivity index (χ0v) is 14.7. The number of hydrogen-bond acceptors (Lipinski definition) is 4. The van der Waals surface area contributed by atoms with Crippen molar-refractivity contribution in [2.75, 3.05) is 46.5 Å². The summed E-state index contributed by atoms with van der Waals surface area (Å²) in [5, 5.41) is 9.24. The third-order valence-electron chi connectivity index (χ3n) is 3.55. The molecular weight excluding hydrogens is 296 g/mol. The van der Waals surface area contributed by atoms with E-state index < -0.39 is 0 Å². The molecule has 1 fully saturated rings. The van der Waals surface area contributed by atoms with E-state index in [9.17, 15) is 4.79 Å². The molecule has 1 atom stereocenters. The first-order valence-electron chi connectivity index (χ1n) is 8.55. The normalized spacial score (nSPS) is 18.3. The van der Waals surface area contributed by atoms with E-state index in [1.165, 1.54) is 0 Å². The van der Waals surface area contributed by atoms with Crippen molar-refractivity contribution in [3.05, 3.63) is 0 Å². The number of ether oxygens (including phenoxy) is 2. The Morgan fingerprint density at radius 3 is 2.65 bits per heavy atom. The van der Waals surface area contributed by atoms with Crippen LogP contribution in [0.2, 0.25) is 0 Å². The minimum absolute atomic E-state index is 0.0158. The first-order chi connectivity index (χ1) is 11.1. The summed E-state index contributed by atoms with van der Waals surface area (Å²) in [6, 6.07) is 0. The fourth-order valence-corrected chi connectivity index (χ4v) is 2.16. The molecule has 1 aliphatic heterocycles. The summed E-state index contributed by atoms with van der Waals surface area (Å²) in [7, 11) is 1.73. The largest absolute Gasteiger partial charge is 0.379 e. The van der Waals surface area contributed by atoms with Gasteiger partial charge < -0.3 is 25.4 Å². The van der Waals surface area contributed by atoms with Gasteiger partial charge in [-0.05, 0) is 19.3 Å². The van der Waals surface area contributed by atoms with Crippen LogP contribution in [-0.4, -0.2) is 64.5 Å². The van der Waals surface area contributed by atoms with Crippen LogP contribution in [0.3, 0.4) is 0 Å². The number of nitrogens with zero attached hydrogens (tertiary/aromatic N) is 1. The Morgan fingerprint density at radius 1 is 1.26 bits per heavy atom. The smallest absolute Gasteiger partial charge is 0.222 e. The van der Waals surface area contributed by atoms with Crippen molar-refractivity contribution in [2.45, 2.75) is 39.2 Å². The molecule has 1 rings (SSSR count). The molecule has 0 aromatic heterocycles. The molecule has 0 radical (unpaired) electrons. The van der Waals surface area contributed by atoms with Gasteiger partial charge in [0.05, 0.1) is 12.7 Å². The van der Waals surface area contributed by atoms with Crippen molar-refractivity contribution in [1.82, 2.24) is 16.0 Å². The maximum atomic E-state index is 11.4. The molecule has 7 heteroatoms. The predicted octanol–water partition coefficient (Wildman–Crippen LogP) is 0.509. The van der Waals surface area contributed by atoms with Gasteiger partial charge in [0, 0.05) is 45.8 Å². The van der Waals surface area contributed by atoms with Gasteiger partial charge in [-0.15, -0.1) is 0 Å². The number of amides is 1. The summed E-state index contributed by atoms with van der Waals surface area (Å²) in [5.74, 6) is 0.822. The second-order valence-corrected chi connectivity index (χ2v) is 5.93. The first-order valence-corrected chi connectivity index (χ1v) is 8.55. The molecule has 0 aliphatic carbocycles. The topological polar surface area (TPSA) is 84.0 Å². The Labute approximate surface area is 139 Å². The van der Waals surface area contributed by atoms with E-state index >= 15 is 0 Å². The van der Waals surface area contributed by atoms with E-state index in [0.717, 1.165) is 38.4 Å². The molecule has 0 spiro atoms. The summed E-state index contributed by atoms with van der Waals surface area (Å²) < 4.78 is 11.1. The zero-order chi connectivity index (χ0) is 16.9. The maximum absolute atomic E-state index is 11.4. The Morgan fingerprint density at radius 2 is 2.00 bits per heavy atom. The highest BCUT2D eigenvalue weighted by Crippen LogP contribution is 2.11. The van der Waals surface area contributed by atoms with Crippen molar-refractivity contribution >= 4 is 11.9 Å². The summed E-state index contributed by atoms with van der Waals surface area (Å²) in [6.07, 6.45) is 3.47. The highest BCUT2D eigenvalue weighted by atomic mass is 16.5. The van der Waals surface area contributed by atoms with Crippen molar-refractivity contribution in [3.8, 4) is 0 Å². The molecule has 1 aliphatic rings. The van der Waals surface area contributed by atoms with Gasteiger partial charge in [0.1, 0.15) is 0 Å². The predicted molar refractivity (Wildman–Crippen MR) is 91.6 cm³/mol. The van der Waals surface area contributed by atoms with E-state index in [1.807, 2.05) is 13.8 Å². The van der Waals surface area contributed by atoms with E-state index in [4.69, 9.17) is 9.47 Å². The van der Waals surface area contributed by atoms with Crippen LogP contribution in [0.15, 0.2) is 4.99 Å². The quantitative estimate of drug-likeness (QED) is 0.309. The lowest BCUT2D eigenvalue weighted by Gasteiger charge is -2.13. The van der Waals surface area contributed by atoms with Crippen LogP contribution >= 0.6 is 0 Å². The molecule has 3 N–H and O–H groups in total. The van der Waals surface area contributed by atoms with Crippen LogP contribution in [0.4, 0.5) is 0 Å². The lowest BCUT2D eigenvalue weighted by atomic mass is 10.2. The van der Waals surface area contributed by atoms with E-state index in [-0.39, 0.29) is 11.8 Å². The molecule has 134 valence electrons. The van der Waals surface area contributed by atoms with Gasteiger partial charge in [-0.25, -0.2) is 0 Å². The fraction of sp³-hybridized carbons (Fsp3) is 0.875. The average Bonchev–Trinajstić information content (AvgIpc) is 3.05. The molecule has 1 saturated heterocycles. The Kier molecular flexibility index (Phi) is 10.4. The third-order valence-corrected chi connectivity index (χ3v) is 3.55. The van der Waals surface area contributed by atoms with Gasteiger partial charge in [0.2, 0.25) is 5.91 Å². The van der Waals surface area contributed by atoms with Crippen molar-refractivity contribution < 1.29 is 14.3 Å². The second kappa shape index (κ2) is 12.1. The van der Waals surface area contributed by atoms with Gasteiger partial charge in [0.15, 0.2) is 5.96 Å². The van der Waals surface area contributed by atoms with Crippen LogP contribution in [0, 0.1) is 5.92 Å². The number of rotatable bonds is 10. The Balaban J connectivity index is 1.95. The molecule has 0 saturated carbocycles. The van der Waals surface area contributed by atoms with Gasteiger partial charge in [-0.2, -0.15) is 0 Å². The number of hydrogen-bond donors (Lipinski definition) is 3. The highest BCUT2D eigenvalue weighted by molar-refractivity contribution is 5.80. The number of nitrogens with one attached hydrogen (secondary N) is 3. The monoisotopic (exact) mass is 328 g/mol. The number of carbonyl (C=O) groups is 1. The summed E-state index contributed by atoms with van der Waals surface area (Å²) in [4.78, 5) is 15.6. The minimum Gasteiger partial charge on any atom is -0.379 e. The van der Waals surface area contributed by atoms with Crippen LogP contribution in [-0.2, 0) is 14.3 Å². The number of carbonyl (C=O) groups excluding carboxylic acids is 1. The van der Waals surface area contributed by atoms with Gasteiger partial charge >= 0.3 is 0 Å². The van der Waals surface area contributed by atoms with E-state index in [0.29, 0.717) is 32.4 Å². The van der Waals surface area contributed by atoms with Crippen LogP contribution in [0.25, 0.3) is 0 Å². The molecule has 0 bridgehead atoms. The van der Waals surface area contributed by atoms with Crippen LogP contribution in [0.1, 0.15) is 33.1 Å². The third kappa shape index (κ3) is 9.40. The number of aliphatic imine (C=N–C) groups is 1. The summed E-state index contributed by atoms with van der Waals surface area (Å²) in [5.41, 5.74) is 0. The van der Waals surface area contributed by atoms with Crippen LogP contribution in [0.5, 0.6) is 0 Å². The zero-order valence-electron chi connectivity index (χ0n) is 14.7. The second-order valence-electron chi connectivity index (χ2n) is 5.93. The van der Waals surface area contributed by atoms with Gasteiger partial charge in [-0.3, -0.25) is 9.79 Å².